The number of fused-ring (bicyclic) bond motifs is 1. The molecule has 1 atom stereocenters. The lowest BCUT2D eigenvalue weighted by atomic mass is 10.0. The Labute approximate surface area is 189 Å². The van der Waals surface area contributed by atoms with Gasteiger partial charge in [-0.25, -0.2) is 9.97 Å². The van der Waals surface area contributed by atoms with E-state index in [1.54, 1.807) is 6.92 Å². The van der Waals surface area contributed by atoms with Crippen molar-refractivity contribution < 1.29 is 14.3 Å². The predicted molar refractivity (Wildman–Crippen MR) is 122 cm³/mol. The van der Waals surface area contributed by atoms with Crippen LogP contribution in [0.2, 0.25) is 0 Å². The van der Waals surface area contributed by atoms with Gasteiger partial charge in [0.15, 0.2) is 6.61 Å². The van der Waals surface area contributed by atoms with Crippen molar-refractivity contribution in [1.82, 2.24) is 19.8 Å². The van der Waals surface area contributed by atoms with Crippen LogP contribution in [0.1, 0.15) is 47.5 Å². The molecule has 0 aliphatic carbocycles. The largest absolute Gasteiger partial charge is 0.483 e. The Morgan fingerprint density at radius 3 is 2.56 bits per heavy atom. The van der Waals surface area contributed by atoms with Gasteiger partial charge in [-0.1, -0.05) is 18.2 Å². The number of amides is 2. The Morgan fingerprint density at radius 2 is 1.91 bits per heavy atom. The van der Waals surface area contributed by atoms with Crippen molar-refractivity contribution in [2.75, 3.05) is 38.6 Å². The maximum atomic E-state index is 12.9. The molecular weight excluding hydrogens is 406 g/mol. The normalized spacial score (nSPS) is 17.8. The first-order valence-electron chi connectivity index (χ1n) is 11.2. The van der Waals surface area contributed by atoms with Crippen LogP contribution in [0.3, 0.4) is 0 Å². The van der Waals surface area contributed by atoms with E-state index in [1.807, 2.05) is 48.9 Å². The molecule has 1 aromatic carbocycles. The van der Waals surface area contributed by atoms with Crippen molar-refractivity contribution in [2.24, 2.45) is 0 Å². The van der Waals surface area contributed by atoms with Crippen LogP contribution in [0.15, 0.2) is 18.2 Å². The van der Waals surface area contributed by atoms with Crippen molar-refractivity contribution in [3.8, 4) is 5.75 Å². The van der Waals surface area contributed by atoms with E-state index < -0.39 is 0 Å². The summed E-state index contributed by atoms with van der Waals surface area (Å²) >= 11 is 0. The summed E-state index contributed by atoms with van der Waals surface area (Å²) in [6.45, 7) is 8.06. The molecule has 1 N–H and O–H groups in total. The minimum absolute atomic E-state index is 0.0117. The number of aryl methyl sites for hydroxylation is 2. The van der Waals surface area contributed by atoms with E-state index in [-0.39, 0.29) is 24.3 Å². The summed E-state index contributed by atoms with van der Waals surface area (Å²) in [7, 11) is 1.84. The molecule has 4 rings (SSSR count). The second-order valence-electron chi connectivity index (χ2n) is 8.63. The number of aromatic nitrogens is 2. The molecule has 0 bridgehead atoms. The molecule has 2 amide bonds. The van der Waals surface area contributed by atoms with Crippen LogP contribution in [0.4, 0.5) is 5.82 Å². The SMILES string of the molecule is CNc1nc([C@H]2CCN(C(C)=O)C2)nc2c1CN(C(=O)COc1c(C)cccc1C)CC2. The third-order valence-electron chi connectivity index (χ3n) is 6.41. The van der Waals surface area contributed by atoms with Gasteiger partial charge in [-0.2, -0.15) is 0 Å². The number of carbonyl (C=O) groups is 2. The first kappa shape index (κ1) is 22.0. The number of rotatable bonds is 5. The molecule has 2 aromatic rings. The lowest BCUT2D eigenvalue weighted by Gasteiger charge is -2.30. The van der Waals surface area contributed by atoms with Crippen LogP contribution in [0, 0.1) is 13.8 Å². The van der Waals surface area contributed by atoms with Crippen molar-refractivity contribution >= 4 is 17.6 Å². The van der Waals surface area contributed by atoms with Gasteiger partial charge in [-0.15, -0.1) is 0 Å². The number of hydrogen-bond acceptors (Lipinski definition) is 6. The number of hydrogen-bond donors (Lipinski definition) is 1. The summed E-state index contributed by atoms with van der Waals surface area (Å²) in [4.78, 5) is 37.8. The van der Waals surface area contributed by atoms with Gasteiger partial charge in [0.25, 0.3) is 5.91 Å². The summed E-state index contributed by atoms with van der Waals surface area (Å²) in [6.07, 6.45) is 1.56. The molecular formula is C24H31N5O3. The topological polar surface area (TPSA) is 87.7 Å². The quantitative estimate of drug-likeness (QED) is 0.773. The second-order valence-corrected chi connectivity index (χ2v) is 8.63. The van der Waals surface area contributed by atoms with E-state index in [9.17, 15) is 9.59 Å². The van der Waals surface area contributed by atoms with Crippen molar-refractivity contribution in [3.63, 3.8) is 0 Å². The molecule has 8 heteroatoms. The van der Waals surface area contributed by atoms with E-state index in [1.165, 1.54) is 0 Å². The summed E-state index contributed by atoms with van der Waals surface area (Å²) < 4.78 is 5.87. The number of nitrogens with one attached hydrogen (secondary N) is 1. The van der Waals surface area contributed by atoms with E-state index in [0.717, 1.165) is 52.7 Å². The third kappa shape index (κ3) is 4.40. The molecule has 32 heavy (non-hydrogen) atoms. The van der Waals surface area contributed by atoms with Gasteiger partial charge in [0, 0.05) is 51.5 Å². The van der Waals surface area contributed by atoms with Crippen LogP contribution in [0.25, 0.3) is 0 Å². The second kappa shape index (κ2) is 9.14. The van der Waals surface area contributed by atoms with Gasteiger partial charge >= 0.3 is 0 Å². The van der Waals surface area contributed by atoms with Crippen molar-refractivity contribution in [3.05, 3.63) is 46.4 Å². The Kier molecular flexibility index (Phi) is 6.30. The standard InChI is InChI=1S/C24H31N5O3/c1-15-6-5-7-16(2)22(15)32-14-21(31)29-11-9-20-19(13-29)24(25-4)27-23(26-20)18-8-10-28(12-18)17(3)30/h5-7,18H,8-14H2,1-4H3,(H,25,26,27)/t18-/m0/s1. The Balaban J connectivity index is 1.46. The van der Waals surface area contributed by atoms with Crippen LogP contribution in [-0.4, -0.2) is 64.9 Å². The van der Waals surface area contributed by atoms with Gasteiger partial charge < -0.3 is 19.9 Å². The molecule has 8 nitrogen and oxygen atoms in total. The number of ether oxygens (including phenoxy) is 1. The van der Waals surface area contributed by atoms with Crippen molar-refractivity contribution in [1.29, 1.82) is 0 Å². The van der Waals surface area contributed by atoms with Gasteiger partial charge in [0.2, 0.25) is 5.91 Å². The lowest BCUT2D eigenvalue weighted by Crippen LogP contribution is -2.40. The Hall–Kier alpha value is -3.16. The molecule has 170 valence electrons. The molecule has 1 aromatic heterocycles. The van der Waals surface area contributed by atoms with Gasteiger partial charge in [0.05, 0.1) is 12.2 Å². The number of para-hydroxylation sites is 1. The van der Waals surface area contributed by atoms with Crippen LogP contribution in [0.5, 0.6) is 5.75 Å². The number of nitrogens with zero attached hydrogens (tertiary/aromatic N) is 4. The highest BCUT2D eigenvalue weighted by atomic mass is 16.5. The smallest absolute Gasteiger partial charge is 0.260 e. The van der Waals surface area contributed by atoms with Crippen LogP contribution < -0.4 is 10.1 Å². The summed E-state index contributed by atoms with van der Waals surface area (Å²) in [5.41, 5.74) is 4.00. The molecule has 2 aliphatic rings. The number of carbonyl (C=O) groups excluding carboxylic acids is 2. The average molecular weight is 438 g/mol. The van der Waals surface area contributed by atoms with E-state index in [2.05, 4.69) is 5.32 Å². The molecule has 0 spiro atoms. The van der Waals surface area contributed by atoms with Crippen LogP contribution >= 0.6 is 0 Å². The summed E-state index contributed by atoms with van der Waals surface area (Å²) in [5, 5.41) is 3.18. The summed E-state index contributed by atoms with van der Waals surface area (Å²) in [5.74, 6) is 2.53. The van der Waals surface area contributed by atoms with Gasteiger partial charge in [0.1, 0.15) is 17.4 Å². The number of likely N-dealkylation sites (tertiary alicyclic amines) is 1. The zero-order valence-corrected chi connectivity index (χ0v) is 19.3. The maximum Gasteiger partial charge on any atom is 0.260 e. The molecule has 1 saturated heterocycles. The number of benzene rings is 1. The van der Waals surface area contributed by atoms with E-state index in [4.69, 9.17) is 14.7 Å². The lowest BCUT2D eigenvalue weighted by molar-refractivity contribution is -0.134. The minimum Gasteiger partial charge on any atom is -0.483 e. The fourth-order valence-electron chi connectivity index (χ4n) is 4.54. The Bertz CT molecular complexity index is 1000. The van der Waals surface area contributed by atoms with E-state index >= 15 is 0 Å². The molecule has 1 fully saturated rings. The van der Waals surface area contributed by atoms with Crippen LogP contribution in [-0.2, 0) is 22.6 Å². The highest BCUT2D eigenvalue weighted by Crippen LogP contribution is 2.30. The molecule has 0 radical (unpaired) electrons. The van der Waals surface area contributed by atoms with Gasteiger partial charge in [-0.3, -0.25) is 9.59 Å². The first-order valence-corrected chi connectivity index (χ1v) is 11.2. The van der Waals surface area contributed by atoms with E-state index in [0.29, 0.717) is 26.1 Å². The van der Waals surface area contributed by atoms with Gasteiger partial charge in [-0.05, 0) is 31.4 Å². The highest BCUT2D eigenvalue weighted by Gasteiger charge is 2.31. The first-order chi connectivity index (χ1) is 15.4. The zero-order chi connectivity index (χ0) is 22.8. The molecule has 0 unspecified atom stereocenters. The monoisotopic (exact) mass is 437 g/mol. The fraction of sp³-hybridized carbons (Fsp3) is 0.500. The third-order valence-corrected chi connectivity index (χ3v) is 6.41. The average Bonchev–Trinajstić information content (AvgIpc) is 3.28. The predicted octanol–water partition coefficient (Wildman–Crippen LogP) is 2.43. The van der Waals surface area contributed by atoms with Crippen molar-refractivity contribution in [2.45, 2.75) is 46.1 Å². The Morgan fingerprint density at radius 1 is 1.16 bits per heavy atom. The molecule has 3 heterocycles. The molecule has 2 aliphatic heterocycles. The summed E-state index contributed by atoms with van der Waals surface area (Å²) in [6, 6.07) is 5.95. The minimum atomic E-state index is -0.0441. The fourth-order valence-corrected chi connectivity index (χ4v) is 4.54. The highest BCUT2D eigenvalue weighted by molar-refractivity contribution is 5.78. The molecule has 0 saturated carbocycles. The zero-order valence-electron chi connectivity index (χ0n) is 19.3. The number of anilines is 1. The maximum absolute atomic E-state index is 12.9.